The molecule has 3 nitrogen and oxygen atoms in total. The molecule has 3 unspecified atom stereocenters. The summed E-state index contributed by atoms with van der Waals surface area (Å²) in [5.41, 5.74) is 0. The van der Waals surface area contributed by atoms with Crippen molar-refractivity contribution in [3.05, 3.63) is 0 Å². The van der Waals surface area contributed by atoms with Crippen LogP contribution in [-0.4, -0.2) is 60.8 Å². The van der Waals surface area contributed by atoms with Gasteiger partial charge in [-0.3, -0.25) is 9.80 Å². The Morgan fingerprint density at radius 1 is 1.22 bits per heavy atom. The monoisotopic (exact) mass is 254 g/mol. The first-order chi connectivity index (χ1) is 8.61. The summed E-state index contributed by atoms with van der Waals surface area (Å²) >= 11 is 0. The highest BCUT2D eigenvalue weighted by Gasteiger charge is 2.37. The van der Waals surface area contributed by atoms with Gasteiger partial charge in [0.05, 0.1) is 6.10 Å². The molecule has 2 saturated heterocycles. The van der Waals surface area contributed by atoms with Gasteiger partial charge in [0.15, 0.2) is 0 Å². The SMILES string of the molecule is CCOC(C)CN1CC2CCCN2CC1C(C)C. The van der Waals surface area contributed by atoms with Gasteiger partial charge in [0.2, 0.25) is 0 Å². The van der Waals surface area contributed by atoms with Crippen LogP contribution >= 0.6 is 0 Å². The number of piperazine rings is 1. The van der Waals surface area contributed by atoms with E-state index >= 15 is 0 Å². The Bertz CT molecular complexity index is 257. The molecule has 2 aliphatic heterocycles. The quantitative estimate of drug-likeness (QED) is 0.748. The van der Waals surface area contributed by atoms with Crippen molar-refractivity contribution in [1.29, 1.82) is 0 Å². The summed E-state index contributed by atoms with van der Waals surface area (Å²) in [6.07, 6.45) is 3.15. The van der Waals surface area contributed by atoms with Crippen LogP contribution in [0.2, 0.25) is 0 Å². The van der Waals surface area contributed by atoms with Crippen molar-refractivity contribution in [2.24, 2.45) is 5.92 Å². The average molecular weight is 254 g/mol. The first kappa shape index (κ1) is 14.3. The molecule has 0 aromatic heterocycles. The smallest absolute Gasteiger partial charge is 0.0673 e. The predicted molar refractivity (Wildman–Crippen MR) is 75.9 cm³/mol. The van der Waals surface area contributed by atoms with Gasteiger partial charge in [-0.2, -0.15) is 0 Å². The van der Waals surface area contributed by atoms with Gasteiger partial charge < -0.3 is 4.74 Å². The second-order valence-corrected chi connectivity index (χ2v) is 6.32. The van der Waals surface area contributed by atoms with Gasteiger partial charge in [-0.25, -0.2) is 0 Å². The van der Waals surface area contributed by atoms with Crippen LogP contribution in [0.1, 0.15) is 40.5 Å². The van der Waals surface area contributed by atoms with Crippen LogP contribution < -0.4 is 0 Å². The maximum atomic E-state index is 5.73. The molecule has 2 heterocycles. The molecule has 0 N–H and O–H groups in total. The molecule has 2 aliphatic rings. The third-order valence-electron chi connectivity index (χ3n) is 4.55. The van der Waals surface area contributed by atoms with E-state index in [0.717, 1.165) is 25.1 Å². The summed E-state index contributed by atoms with van der Waals surface area (Å²) in [5, 5.41) is 0. The van der Waals surface area contributed by atoms with E-state index in [1.54, 1.807) is 0 Å². The highest BCUT2D eigenvalue weighted by atomic mass is 16.5. The fourth-order valence-electron chi connectivity index (χ4n) is 3.61. The lowest BCUT2D eigenvalue weighted by molar-refractivity contribution is -0.0171. The van der Waals surface area contributed by atoms with Crippen molar-refractivity contribution in [3.63, 3.8) is 0 Å². The van der Waals surface area contributed by atoms with Gasteiger partial charge in [-0.1, -0.05) is 13.8 Å². The summed E-state index contributed by atoms with van der Waals surface area (Å²) in [6, 6.07) is 1.52. The van der Waals surface area contributed by atoms with Crippen molar-refractivity contribution in [3.8, 4) is 0 Å². The van der Waals surface area contributed by atoms with Crippen molar-refractivity contribution in [2.45, 2.75) is 58.7 Å². The van der Waals surface area contributed by atoms with E-state index in [1.165, 1.54) is 32.5 Å². The number of rotatable bonds is 5. The molecule has 106 valence electrons. The van der Waals surface area contributed by atoms with Crippen LogP contribution in [0.15, 0.2) is 0 Å². The molecule has 0 spiro atoms. The van der Waals surface area contributed by atoms with Gasteiger partial charge in [0.25, 0.3) is 0 Å². The third kappa shape index (κ3) is 3.25. The third-order valence-corrected chi connectivity index (χ3v) is 4.55. The predicted octanol–water partition coefficient (Wildman–Crippen LogP) is 2.22. The lowest BCUT2D eigenvalue weighted by atomic mass is 9.97. The summed E-state index contributed by atoms with van der Waals surface area (Å²) in [7, 11) is 0. The van der Waals surface area contributed by atoms with Crippen LogP contribution in [0.3, 0.4) is 0 Å². The summed E-state index contributed by atoms with van der Waals surface area (Å²) in [5.74, 6) is 0.736. The number of hydrogen-bond donors (Lipinski definition) is 0. The minimum Gasteiger partial charge on any atom is -0.377 e. The van der Waals surface area contributed by atoms with Crippen LogP contribution in [0.4, 0.5) is 0 Å². The first-order valence-corrected chi connectivity index (χ1v) is 7.71. The van der Waals surface area contributed by atoms with Gasteiger partial charge in [0.1, 0.15) is 0 Å². The van der Waals surface area contributed by atoms with Crippen molar-refractivity contribution < 1.29 is 4.74 Å². The lowest BCUT2D eigenvalue weighted by Gasteiger charge is -2.46. The maximum absolute atomic E-state index is 5.73. The van der Waals surface area contributed by atoms with E-state index in [9.17, 15) is 0 Å². The molecule has 2 rings (SSSR count). The highest BCUT2D eigenvalue weighted by molar-refractivity contribution is 4.93. The molecule has 18 heavy (non-hydrogen) atoms. The van der Waals surface area contributed by atoms with E-state index in [1.807, 2.05) is 0 Å². The molecule has 3 heteroatoms. The van der Waals surface area contributed by atoms with E-state index in [2.05, 4.69) is 37.5 Å². The fraction of sp³-hybridized carbons (Fsp3) is 1.00. The molecule has 2 fully saturated rings. The molecule has 0 aliphatic carbocycles. The maximum Gasteiger partial charge on any atom is 0.0673 e. The zero-order valence-corrected chi connectivity index (χ0v) is 12.6. The second-order valence-electron chi connectivity index (χ2n) is 6.32. The summed E-state index contributed by atoms with van der Waals surface area (Å²) in [4.78, 5) is 5.41. The number of ether oxygens (including phenoxy) is 1. The zero-order valence-electron chi connectivity index (χ0n) is 12.6. The highest BCUT2D eigenvalue weighted by Crippen LogP contribution is 2.27. The number of nitrogens with zero attached hydrogens (tertiary/aromatic N) is 2. The molecule has 0 aromatic rings. The lowest BCUT2D eigenvalue weighted by Crippen LogP contribution is -2.59. The summed E-state index contributed by atoms with van der Waals surface area (Å²) < 4.78 is 5.73. The normalized spacial score (nSPS) is 31.8. The Balaban J connectivity index is 1.96. The molecule has 3 atom stereocenters. The Labute approximate surface area is 112 Å². The molecule has 0 saturated carbocycles. The largest absolute Gasteiger partial charge is 0.377 e. The van der Waals surface area contributed by atoms with E-state index in [-0.39, 0.29) is 0 Å². The first-order valence-electron chi connectivity index (χ1n) is 7.71. The Morgan fingerprint density at radius 3 is 2.67 bits per heavy atom. The molecule has 0 aromatic carbocycles. The van der Waals surface area contributed by atoms with Gasteiger partial charge in [0, 0.05) is 38.3 Å². The van der Waals surface area contributed by atoms with Crippen molar-refractivity contribution in [1.82, 2.24) is 9.80 Å². The van der Waals surface area contributed by atoms with Gasteiger partial charge >= 0.3 is 0 Å². The Kier molecular flexibility index (Phi) is 5.05. The molecule has 0 bridgehead atoms. The van der Waals surface area contributed by atoms with E-state index in [0.29, 0.717) is 12.1 Å². The minimum absolute atomic E-state index is 0.365. The van der Waals surface area contributed by atoms with Gasteiger partial charge in [-0.05, 0) is 39.2 Å². The zero-order chi connectivity index (χ0) is 13.1. The number of hydrogen-bond acceptors (Lipinski definition) is 3. The van der Waals surface area contributed by atoms with Crippen LogP contribution in [0, 0.1) is 5.92 Å². The summed E-state index contributed by atoms with van der Waals surface area (Å²) in [6.45, 7) is 14.8. The van der Waals surface area contributed by atoms with Crippen molar-refractivity contribution >= 4 is 0 Å². The number of fused-ring (bicyclic) bond motifs is 1. The average Bonchev–Trinajstić information content (AvgIpc) is 2.74. The molecule has 0 radical (unpaired) electrons. The minimum atomic E-state index is 0.365. The molecular formula is C15H30N2O. The fourth-order valence-corrected chi connectivity index (χ4v) is 3.61. The van der Waals surface area contributed by atoms with Crippen LogP contribution in [0.25, 0.3) is 0 Å². The van der Waals surface area contributed by atoms with E-state index < -0.39 is 0 Å². The Hall–Kier alpha value is -0.120. The van der Waals surface area contributed by atoms with Gasteiger partial charge in [-0.15, -0.1) is 0 Å². The van der Waals surface area contributed by atoms with Crippen LogP contribution in [-0.2, 0) is 4.74 Å². The second kappa shape index (κ2) is 6.36. The topological polar surface area (TPSA) is 15.7 Å². The van der Waals surface area contributed by atoms with Crippen molar-refractivity contribution in [2.75, 3.05) is 32.8 Å². The molecular weight excluding hydrogens is 224 g/mol. The van der Waals surface area contributed by atoms with E-state index in [4.69, 9.17) is 4.74 Å². The Morgan fingerprint density at radius 2 is 2.00 bits per heavy atom. The molecule has 0 amide bonds. The van der Waals surface area contributed by atoms with Crippen LogP contribution in [0.5, 0.6) is 0 Å². The standard InChI is InChI=1S/C15H30N2O/c1-5-18-13(4)9-17-10-14-7-6-8-16(14)11-15(17)12(2)3/h12-15H,5-11H2,1-4H3.